The van der Waals surface area contributed by atoms with Gasteiger partial charge in [-0.05, 0) is 32.2 Å². The Hall–Kier alpha value is -1.69. The lowest BCUT2D eigenvalue weighted by Crippen LogP contribution is -2.16. The van der Waals surface area contributed by atoms with Crippen LogP contribution in [0.4, 0.5) is 0 Å². The Kier molecular flexibility index (Phi) is 3.59. The Morgan fingerprint density at radius 3 is 3.11 bits per heavy atom. The molecule has 19 heavy (non-hydrogen) atoms. The van der Waals surface area contributed by atoms with Crippen LogP contribution in [0.1, 0.15) is 31.3 Å². The molecule has 2 aromatic heterocycles. The van der Waals surface area contributed by atoms with Crippen LogP contribution in [-0.4, -0.2) is 31.1 Å². The zero-order chi connectivity index (χ0) is 13.1. The van der Waals surface area contributed by atoms with E-state index in [2.05, 4.69) is 32.1 Å². The molecule has 1 N–H and O–H groups in total. The van der Waals surface area contributed by atoms with Crippen LogP contribution in [0.3, 0.4) is 0 Å². The lowest BCUT2D eigenvalue weighted by atomic mass is 10.4. The van der Waals surface area contributed by atoms with Gasteiger partial charge in [0.25, 0.3) is 0 Å². The first kappa shape index (κ1) is 12.3. The summed E-state index contributed by atoms with van der Waals surface area (Å²) in [5.74, 6) is 1.91. The number of aryl methyl sites for hydroxylation is 1. The summed E-state index contributed by atoms with van der Waals surface area (Å²) < 4.78 is 3.97. The van der Waals surface area contributed by atoms with Gasteiger partial charge in [0, 0.05) is 25.5 Å². The molecule has 1 fully saturated rings. The highest BCUT2D eigenvalue weighted by molar-refractivity contribution is 4.97. The van der Waals surface area contributed by atoms with E-state index in [0.717, 1.165) is 37.1 Å². The lowest BCUT2D eigenvalue weighted by Gasteiger charge is -2.03. The fourth-order valence-corrected chi connectivity index (χ4v) is 2.15. The van der Waals surface area contributed by atoms with E-state index in [1.165, 1.54) is 12.8 Å². The summed E-state index contributed by atoms with van der Waals surface area (Å²) in [6.45, 7) is 5.63. The van der Waals surface area contributed by atoms with Crippen molar-refractivity contribution in [2.75, 3.05) is 6.54 Å². The number of nitrogens with zero attached hydrogens (tertiary/aromatic N) is 5. The zero-order valence-electron chi connectivity index (χ0n) is 11.3. The van der Waals surface area contributed by atoms with Crippen molar-refractivity contribution in [3.8, 4) is 0 Å². The molecule has 6 heteroatoms. The molecular weight excluding hydrogens is 240 g/mol. The summed E-state index contributed by atoms with van der Waals surface area (Å²) >= 11 is 0. The molecule has 1 aliphatic carbocycles. The molecule has 6 nitrogen and oxygen atoms in total. The first-order chi connectivity index (χ1) is 9.35. The molecule has 0 bridgehead atoms. The summed E-state index contributed by atoms with van der Waals surface area (Å²) in [5, 5.41) is 11.8. The van der Waals surface area contributed by atoms with Gasteiger partial charge in [-0.15, -0.1) is 5.10 Å². The van der Waals surface area contributed by atoms with Gasteiger partial charge < -0.3 is 9.88 Å². The summed E-state index contributed by atoms with van der Waals surface area (Å²) in [4.78, 5) is 4.34. The molecule has 0 spiro atoms. The van der Waals surface area contributed by atoms with Gasteiger partial charge in [-0.2, -0.15) is 0 Å². The van der Waals surface area contributed by atoms with Crippen molar-refractivity contribution in [3.05, 3.63) is 30.1 Å². The van der Waals surface area contributed by atoms with Crippen LogP contribution < -0.4 is 5.32 Å². The second kappa shape index (κ2) is 5.52. The van der Waals surface area contributed by atoms with Gasteiger partial charge in [0.1, 0.15) is 12.4 Å². The molecule has 0 amide bonds. The molecule has 2 heterocycles. The molecule has 0 aromatic carbocycles. The molecule has 1 saturated carbocycles. The van der Waals surface area contributed by atoms with E-state index in [1.807, 2.05) is 23.3 Å². The number of imidazole rings is 1. The quantitative estimate of drug-likeness (QED) is 0.808. The normalized spacial score (nSPS) is 15.0. The predicted octanol–water partition coefficient (Wildman–Crippen LogP) is 1.04. The van der Waals surface area contributed by atoms with Gasteiger partial charge in [-0.1, -0.05) is 5.21 Å². The summed E-state index contributed by atoms with van der Waals surface area (Å²) in [6.07, 6.45) is 8.56. The summed E-state index contributed by atoms with van der Waals surface area (Å²) in [5.41, 5.74) is 0.996. The third-order valence-electron chi connectivity index (χ3n) is 3.47. The van der Waals surface area contributed by atoms with Crippen molar-refractivity contribution < 1.29 is 0 Å². The molecule has 2 aromatic rings. The monoisotopic (exact) mass is 260 g/mol. The maximum absolute atomic E-state index is 4.34. The largest absolute Gasteiger partial charge is 0.334 e. The highest BCUT2D eigenvalue weighted by Crippen LogP contribution is 2.27. The first-order valence-corrected chi connectivity index (χ1v) is 6.95. The third-order valence-corrected chi connectivity index (χ3v) is 3.47. The Balaban J connectivity index is 1.54. The van der Waals surface area contributed by atoms with E-state index in [4.69, 9.17) is 0 Å². The van der Waals surface area contributed by atoms with Crippen molar-refractivity contribution in [1.29, 1.82) is 0 Å². The van der Waals surface area contributed by atoms with Crippen LogP contribution in [-0.2, 0) is 19.6 Å². The SMILES string of the molecule is CCn1ccnc1Cn1cc(CNCC2CC2)nn1. The maximum Gasteiger partial charge on any atom is 0.130 e. The fourth-order valence-electron chi connectivity index (χ4n) is 2.15. The van der Waals surface area contributed by atoms with Gasteiger partial charge in [-0.3, -0.25) is 0 Å². The number of nitrogens with one attached hydrogen (secondary N) is 1. The average Bonchev–Trinajstić information content (AvgIpc) is 2.96. The van der Waals surface area contributed by atoms with E-state index >= 15 is 0 Å². The van der Waals surface area contributed by atoms with E-state index in [1.54, 1.807) is 0 Å². The second-order valence-electron chi connectivity index (χ2n) is 5.11. The van der Waals surface area contributed by atoms with Crippen LogP contribution in [0.5, 0.6) is 0 Å². The highest BCUT2D eigenvalue weighted by Gasteiger charge is 2.20. The minimum Gasteiger partial charge on any atom is -0.334 e. The van der Waals surface area contributed by atoms with Crippen molar-refractivity contribution >= 4 is 0 Å². The van der Waals surface area contributed by atoms with Gasteiger partial charge in [-0.25, -0.2) is 9.67 Å². The van der Waals surface area contributed by atoms with Crippen LogP contribution >= 0.6 is 0 Å². The van der Waals surface area contributed by atoms with Gasteiger partial charge >= 0.3 is 0 Å². The Morgan fingerprint density at radius 2 is 2.32 bits per heavy atom. The maximum atomic E-state index is 4.34. The van der Waals surface area contributed by atoms with Gasteiger partial charge in [0.2, 0.25) is 0 Å². The van der Waals surface area contributed by atoms with E-state index in [-0.39, 0.29) is 0 Å². The molecule has 0 radical (unpaired) electrons. The van der Waals surface area contributed by atoms with Crippen LogP contribution in [0.15, 0.2) is 18.6 Å². The second-order valence-corrected chi connectivity index (χ2v) is 5.11. The molecule has 102 valence electrons. The lowest BCUT2D eigenvalue weighted by molar-refractivity contribution is 0.588. The molecule has 0 aliphatic heterocycles. The smallest absolute Gasteiger partial charge is 0.130 e. The number of hydrogen-bond donors (Lipinski definition) is 1. The van der Waals surface area contributed by atoms with Gasteiger partial charge in [0.15, 0.2) is 0 Å². The molecule has 3 rings (SSSR count). The molecular formula is C13H20N6. The van der Waals surface area contributed by atoms with Crippen LogP contribution in [0, 0.1) is 5.92 Å². The molecule has 1 aliphatic rings. The van der Waals surface area contributed by atoms with Crippen molar-refractivity contribution in [2.45, 2.75) is 39.4 Å². The minimum atomic E-state index is 0.677. The van der Waals surface area contributed by atoms with Crippen molar-refractivity contribution in [1.82, 2.24) is 29.9 Å². The zero-order valence-corrected chi connectivity index (χ0v) is 11.3. The van der Waals surface area contributed by atoms with E-state index in [0.29, 0.717) is 6.54 Å². The number of hydrogen-bond acceptors (Lipinski definition) is 4. The third kappa shape index (κ3) is 3.20. The van der Waals surface area contributed by atoms with E-state index in [9.17, 15) is 0 Å². The first-order valence-electron chi connectivity index (χ1n) is 6.95. The minimum absolute atomic E-state index is 0.677. The predicted molar refractivity (Wildman–Crippen MR) is 71.5 cm³/mol. The van der Waals surface area contributed by atoms with Crippen molar-refractivity contribution in [3.63, 3.8) is 0 Å². The van der Waals surface area contributed by atoms with Gasteiger partial charge in [0.05, 0.1) is 11.9 Å². The van der Waals surface area contributed by atoms with E-state index < -0.39 is 0 Å². The fraction of sp³-hybridized carbons (Fsp3) is 0.615. The number of aromatic nitrogens is 5. The standard InChI is InChI=1S/C13H20N6/c1-2-18-6-5-15-13(18)10-19-9-12(16-17-19)8-14-7-11-3-4-11/h5-6,9,11,14H,2-4,7-8,10H2,1H3. The van der Waals surface area contributed by atoms with Crippen LogP contribution in [0.25, 0.3) is 0 Å². The highest BCUT2D eigenvalue weighted by atomic mass is 15.4. The Bertz CT molecular complexity index is 525. The Morgan fingerprint density at radius 1 is 1.42 bits per heavy atom. The average molecular weight is 260 g/mol. The number of rotatable bonds is 7. The molecule has 0 saturated heterocycles. The topological polar surface area (TPSA) is 60.6 Å². The molecule has 0 atom stereocenters. The van der Waals surface area contributed by atoms with Crippen molar-refractivity contribution in [2.24, 2.45) is 5.92 Å². The van der Waals surface area contributed by atoms with Crippen LogP contribution in [0.2, 0.25) is 0 Å². The summed E-state index contributed by atoms with van der Waals surface area (Å²) in [7, 11) is 0. The molecule has 0 unspecified atom stereocenters. The summed E-state index contributed by atoms with van der Waals surface area (Å²) in [6, 6.07) is 0. The Labute approximate surface area is 112 Å².